The third kappa shape index (κ3) is 5.02. The summed E-state index contributed by atoms with van der Waals surface area (Å²) in [5.41, 5.74) is 2.30. The van der Waals surface area contributed by atoms with E-state index in [1.54, 1.807) is 0 Å². The first-order valence-electron chi connectivity index (χ1n) is 8.22. The Balaban J connectivity index is 1.44. The van der Waals surface area contributed by atoms with E-state index in [0.29, 0.717) is 0 Å². The van der Waals surface area contributed by atoms with Gasteiger partial charge in [0.25, 0.3) is 0 Å². The molecule has 124 valence electrons. The van der Waals surface area contributed by atoms with E-state index in [-0.39, 0.29) is 0 Å². The summed E-state index contributed by atoms with van der Waals surface area (Å²) in [6.45, 7) is 4.69. The van der Waals surface area contributed by atoms with Crippen molar-refractivity contribution in [2.24, 2.45) is 0 Å². The van der Waals surface area contributed by atoms with Crippen molar-refractivity contribution in [3.05, 3.63) is 34.9 Å². The maximum absolute atomic E-state index is 6.07. The SMILES string of the molecule is Cc1cc(SCCCCCN2CCSC2)nc2ccc(Cl)cc12. The lowest BCUT2D eigenvalue weighted by atomic mass is 10.1. The molecule has 2 heterocycles. The number of aryl methyl sites for hydroxylation is 1. The number of rotatable bonds is 7. The van der Waals surface area contributed by atoms with Crippen molar-refractivity contribution >= 4 is 46.0 Å². The van der Waals surface area contributed by atoms with Crippen LogP contribution in [0.2, 0.25) is 5.02 Å². The van der Waals surface area contributed by atoms with E-state index in [9.17, 15) is 0 Å². The molecular formula is C18H23ClN2S2. The number of hydrogen-bond acceptors (Lipinski definition) is 4. The van der Waals surface area contributed by atoms with Gasteiger partial charge in [-0.25, -0.2) is 4.98 Å². The summed E-state index contributed by atoms with van der Waals surface area (Å²) >= 11 is 10.0. The van der Waals surface area contributed by atoms with Crippen molar-refractivity contribution in [1.29, 1.82) is 0 Å². The zero-order valence-corrected chi connectivity index (χ0v) is 15.9. The van der Waals surface area contributed by atoms with Gasteiger partial charge >= 0.3 is 0 Å². The summed E-state index contributed by atoms with van der Waals surface area (Å²) in [5, 5.41) is 3.07. The average molecular weight is 367 g/mol. The molecule has 0 atom stereocenters. The Bertz CT molecular complexity index is 657. The average Bonchev–Trinajstić information content (AvgIpc) is 3.05. The minimum atomic E-state index is 0.777. The zero-order chi connectivity index (χ0) is 16.1. The fourth-order valence-corrected chi connectivity index (χ4v) is 5.01. The van der Waals surface area contributed by atoms with Gasteiger partial charge in [0.15, 0.2) is 0 Å². The maximum Gasteiger partial charge on any atom is 0.0970 e. The molecule has 2 nitrogen and oxygen atoms in total. The number of halogens is 1. The summed E-state index contributed by atoms with van der Waals surface area (Å²) < 4.78 is 0. The van der Waals surface area contributed by atoms with Crippen LogP contribution in [0, 0.1) is 6.92 Å². The van der Waals surface area contributed by atoms with Gasteiger partial charge in [-0.1, -0.05) is 18.0 Å². The molecule has 2 aromatic rings. The van der Waals surface area contributed by atoms with Crippen LogP contribution in [0.1, 0.15) is 24.8 Å². The molecule has 1 aromatic carbocycles. The summed E-state index contributed by atoms with van der Waals surface area (Å²) in [6.07, 6.45) is 3.91. The number of unbranched alkanes of at least 4 members (excludes halogenated alkanes) is 2. The largest absolute Gasteiger partial charge is 0.293 e. The predicted octanol–water partition coefficient (Wildman–Crippen LogP) is 5.47. The van der Waals surface area contributed by atoms with Gasteiger partial charge in [0, 0.05) is 28.6 Å². The predicted molar refractivity (Wildman–Crippen MR) is 105 cm³/mol. The van der Waals surface area contributed by atoms with E-state index in [2.05, 4.69) is 29.7 Å². The molecule has 1 aliphatic heterocycles. The number of fused-ring (bicyclic) bond motifs is 1. The molecule has 5 heteroatoms. The summed E-state index contributed by atoms with van der Waals surface area (Å²) in [6, 6.07) is 8.12. The van der Waals surface area contributed by atoms with Crippen molar-refractivity contribution in [2.75, 3.05) is 30.5 Å². The number of thioether (sulfide) groups is 2. The van der Waals surface area contributed by atoms with E-state index in [0.717, 1.165) is 26.7 Å². The summed E-state index contributed by atoms with van der Waals surface area (Å²) in [4.78, 5) is 7.32. The molecule has 0 aliphatic carbocycles. The van der Waals surface area contributed by atoms with Crippen molar-refractivity contribution < 1.29 is 0 Å². The summed E-state index contributed by atoms with van der Waals surface area (Å²) in [7, 11) is 0. The van der Waals surface area contributed by atoms with Crippen LogP contribution in [-0.2, 0) is 0 Å². The molecule has 1 fully saturated rings. The third-order valence-corrected chi connectivity index (χ3v) is 6.40. The quantitative estimate of drug-likeness (QED) is 0.477. The molecule has 0 bridgehead atoms. The Kier molecular flexibility index (Phi) is 6.52. The first kappa shape index (κ1) is 17.4. The molecule has 1 aliphatic rings. The van der Waals surface area contributed by atoms with Crippen molar-refractivity contribution in [3.63, 3.8) is 0 Å². The highest BCUT2D eigenvalue weighted by Gasteiger charge is 2.10. The first-order valence-corrected chi connectivity index (χ1v) is 10.7. The molecule has 1 aromatic heterocycles. The second-order valence-electron chi connectivity index (χ2n) is 6.00. The second kappa shape index (κ2) is 8.61. The maximum atomic E-state index is 6.07. The van der Waals surface area contributed by atoms with E-state index in [1.807, 2.05) is 30.0 Å². The smallest absolute Gasteiger partial charge is 0.0970 e. The Morgan fingerprint density at radius 1 is 1.26 bits per heavy atom. The molecule has 1 saturated heterocycles. The van der Waals surface area contributed by atoms with Crippen LogP contribution in [0.15, 0.2) is 29.3 Å². The molecule has 23 heavy (non-hydrogen) atoms. The van der Waals surface area contributed by atoms with Crippen LogP contribution in [0.4, 0.5) is 0 Å². The van der Waals surface area contributed by atoms with Gasteiger partial charge in [-0.15, -0.1) is 23.5 Å². The highest BCUT2D eigenvalue weighted by atomic mass is 35.5. The molecule has 0 saturated carbocycles. The van der Waals surface area contributed by atoms with E-state index < -0.39 is 0 Å². The number of hydrogen-bond donors (Lipinski definition) is 0. The Morgan fingerprint density at radius 2 is 2.17 bits per heavy atom. The Hall–Kier alpha value is -0.420. The molecule has 0 unspecified atom stereocenters. The van der Waals surface area contributed by atoms with Gasteiger partial charge in [0.05, 0.1) is 10.5 Å². The number of nitrogens with zero attached hydrogens (tertiary/aromatic N) is 2. The Labute approximate surface area is 152 Å². The minimum Gasteiger partial charge on any atom is -0.293 e. The lowest BCUT2D eigenvalue weighted by Crippen LogP contribution is -2.20. The number of pyridine rings is 1. The molecule has 3 rings (SSSR count). The van der Waals surface area contributed by atoms with E-state index >= 15 is 0 Å². The molecule has 0 spiro atoms. The lowest BCUT2D eigenvalue weighted by Gasteiger charge is -2.12. The topological polar surface area (TPSA) is 16.1 Å². The lowest BCUT2D eigenvalue weighted by molar-refractivity contribution is 0.346. The third-order valence-electron chi connectivity index (χ3n) is 4.15. The molecular weight excluding hydrogens is 344 g/mol. The normalized spacial score (nSPS) is 15.6. The van der Waals surface area contributed by atoms with Gasteiger partial charge in [0.2, 0.25) is 0 Å². The van der Waals surface area contributed by atoms with Crippen LogP contribution < -0.4 is 0 Å². The fourth-order valence-electron chi connectivity index (χ4n) is 2.83. The number of benzene rings is 1. The monoisotopic (exact) mass is 366 g/mol. The van der Waals surface area contributed by atoms with Gasteiger partial charge < -0.3 is 0 Å². The molecule has 0 amide bonds. The Morgan fingerprint density at radius 3 is 3.00 bits per heavy atom. The van der Waals surface area contributed by atoms with Crippen LogP contribution in [0.5, 0.6) is 0 Å². The van der Waals surface area contributed by atoms with Crippen LogP contribution in [0.25, 0.3) is 10.9 Å². The van der Waals surface area contributed by atoms with Crippen LogP contribution in [-0.4, -0.2) is 40.4 Å². The first-order chi connectivity index (χ1) is 11.2. The highest BCUT2D eigenvalue weighted by molar-refractivity contribution is 7.99. The van der Waals surface area contributed by atoms with Crippen LogP contribution >= 0.6 is 35.1 Å². The van der Waals surface area contributed by atoms with Crippen LogP contribution in [0.3, 0.4) is 0 Å². The van der Waals surface area contributed by atoms with E-state index in [1.165, 1.54) is 49.5 Å². The van der Waals surface area contributed by atoms with Crippen molar-refractivity contribution in [3.8, 4) is 0 Å². The van der Waals surface area contributed by atoms with Gasteiger partial charge in [-0.05, 0) is 61.9 Å². The van der Waals surface area contributed by atoms with Gasteiger partial charge in [-0.2, -0.15) is 0 Å². The highest BCUT2D eigenvalue weighted by Crippen LogP contribution is 2.26. The van der Waals surface area contributed by atoms with Gasteiger partial charge in [0.1, 0.15) is 0 Å². The van der Waals surface area contributed by atoms with Crippen molar-refractivity contribution in [1.82, 2.24) is 9.88 Å². The van der Waals surface area contributed by atoms with Gasteiger partial charge in [-0.3, -0.25) is 4.90 Å². The molecule has 0 N–H and O–H groups in total. The number of aromatic nitrogens is 1. The van der Waals surface area contributed by atoms with Crippen molar-refractivity contribution in [2.45, 2.75) is 31.2 Å². The standard InChI is InChI=1S/C18H23ClN2S2/c1-14-11-18(20-17-6-5-15(19)12-16(14)17)23-9-4-2-3-7-21-8-10-22-13-21/h5-6,11-12H,2-4,7-10,13H2,1H3. The minimum absolute atomic E-state index is 0.777. The summed E-state index contributed by atoms with van der Waals surface area (Å²) in [5.74, 6) is 3.70. The van der Waals surface area contributed by atoms with E-state index in [4.69, 9.17) is 16.6 Å². The molecule has 0 radical (unpaired) electrons. The fraction of sp³-hybridized carbons (Fsp3) is 0.500. The zero-order valence-electron chi connectivity index (χ0n) is 13.6. The second-order valence-corrected chi connectivity index (χ2v) is 8.63.